The van der Waals surface area contributed by atoms with Crippen molar-refractivity contribution in [2.75, 3.05) is 13.7 Å². The number of methoxy groups -OCH3 is 1. The van der Waals surface area contributed by atoms with Crippen LogP contribution in [0.3, 0.4) is 0 Å². The Hall–Kier alpha value is 0.471. The van der Waals surface area contributed by atoms with Gasteiger partial charge in [-0.1, -0.05) is 12.1 Å². The average Bonchev–Trinajstić information content (AvgIpc) is 2.17. The Labute approximate surface area is 141 Å². The molecule has 0 aliphatic heterocycles. The van der Waals surface area contributed by atoms with Crippen LogP contribution in [0.1, 0.15) is 6.92 Å². The molecule has 0 spiro atoms. The third-order valence-electron chi connectivity index (χ3n) is 2.00. The molecule has 17 heavy (non-hydrogen) atoms. The molecule has 0 saturated carbocycles. The monoisotopic (exact) mass is 272 g/mol. The van der Waals surface area contributed by atoms with Crippen LogP contribution in [0, 0.1) is 0 Å². The molecule has 0 fully saturated rings. The fraction of sp³-hybridized carbons (Fsp3) is 0.400. The van der Waals surface area contributed by atoms with Gasteiger partial charge in [-0.05, 0) is 19.1 Å². The Morgan fingerprint density at radius 1 is 1.18 bits per heavy atom. The van der Waals surface area contributed by atoms with E-state index < -0.39 is 12.4 Å². The predicted molar refractivity (Wildman–Crippen MR) is 57.1 cm³/mol. The Morgan fingerprint density at radius 3 is 2.12 bits per heavy atom. The number of ether oxygens (including phenoxy) is 2. The minimum atomic E-state index is -4.93. The molecule has 0 bridgehead atoms. The van der Waals surface area contributed by atoms with Gasteiger partial charge in [-0.3, -0.25) is 0 Å². The Morgan fingerprint density at radius 2 is 1.71 bits per heavy atom. The summed E-state index contributed by atoms with van der Waals surface area (Å²) in [6.07, 6.45) is -0.188. The molecular formula is C10H13BF3KO2. The molecule has 1 unspecified atom stereocenters. The molecule has 1 aromatic carbocycles. The smallest absolute Gasteiger partial charge is 0.488 e. The van der Waals surface area contributed by atoms with Crippen LogP contribution in [-0.4, -0.2) is 26.8 Å². The predicted octanol–water partition coefficient (Wildman–Crippen LogP) is -0.841. The molecule has 0 aliphatic carbocycles. The number of rotatable bonds is 5. The zero-order chi connectivity index (χ0) is 12.2. The van der Waals surface area contributed by atoms with Crippen LogP contribution in [0.2, 0.25) is 0 Å². The largest absolute Gasteiger partial charge is 1.00 e. The molecule has 7 heteroatoms. The van der Waals surface area contributed by atoms with Crippen molar-refractivity contribution in [3.63, 3.8) is 0 Å². The Bertz CT molecular complexity index is 329. The molecule has 0 aliphatic rings. The van der Waals surface area contributed by atoms with Crippen LogP contribution in [0.25, 0.3) is 0 Å². The van der Waals surface area contributed by atoms with E-state index in [9.17, 15) is 12.9 Å². The van der Waals surface area contributed by atoms with E-state index >= 15 is 0 Å². The topological polar surface area (TPSA) is 18.5 Å². The van der Waals surface area contributed by atoms with Crippen molar-refractivity contribution in [2.24, 2.45) is 0 Å². The summed E-state index contributed by atoms with van der Waals surface area (Å²) < 4.78 is 47.1. The summed E-state index contributed by atoms with van der Waals surface area (Å²) in [6, 6.07) is 4.68. The second-order valence-electron chi connectivity index (χ2n) is 3.53. The van der Waals surface area contributed by atoms with Crippen LogP contribution in [0.5, 0.6) is 5.75 Å². The van der Waals surface area contributed by atoms with Gasteiger partial charge in [-0.2, -0.15) is 0 Å². The molecule has 0 aromatic heterocycles. The Kier molecular flexibility index (Phi) is 8.02. The van der Waals surface area contributed by atoms with Gasteiger partial charge in [-0.25, -0.2) is 0 Å². The van der Waals surface area contributed by atoms with Crippen molar-refractivity contribution >= 4 is 12.4 Å². The minimum Gasteiger partial charge on any atom is -0.488 e. The van der Waals surface area contributed by atoms with Crippen molar-refractivity contribution in [3.8, 4) is 5.75 Å². The fourth-order valence-electron chi connectivity index (χ4n) is 1.27. The van der Waals surface area contributed by atoms with E-state index in [-0.39, 0.29) is 57.5 Å². The molecular weight excluding hydrogens is 259 g/mol. The van der Waals surface area contributed by atoms with Crippen LogP contribution in [0.4, 0.5) is 12.9 Å². The first-order valence-electron chi connectivity index (χ1n) is 4.89. The molecule has 0 amide bonds. The zero-order valence-corrected chi connectivity index (χ0v) is 13.2. The van der Waals surface area contributed by atoms with E-state index in [0.29, 0.717) is 12.4 Å². The number of hydrogen-bond acceptors (Lipinski definition) is 2. The second kappa shape index (κ2) is 7.81. The quantitative estimate of drug-likeness (QED) is 0.651. The first kappa shape index (κ1) is 17.5. The molecule has 90 valence electrons. The van der Waals surface area contributed by atoms with E-state index in [4.69, 9.17) is 9.47 Å². The maximum atomic E-state index is 12.3. The first-order chi connectivity index (χ1) is 7.43. The minimum absolute atomic E-state index is 0. The van der Waals surface area contributed by atoms with E-state index in [0.717, 1.165) is 12.1 Å². The van der Waals surface area contributed by atoms with E-state index in [2.05, 4.69) is 0 Å². The summed E-state index contributed by atoms with van der Waals surface area (Å²) in [4.78, 5) is 0. The Balaban J connectivity index is 0.00000256. The van der Waals surface area contributed by atoms with Crippen LogP contribution < -0.4 is 61.6 Å². The summed E-state index contributed by atoms with van der Waals surface area (Å²) in [5.41, 5.74) is -0.619. The SMILES string of the molecule is COCC(C)Oc1ccc([B-](F)(F)F)cc1.[K+]. The van der Waals surface area contributed by atoms with Gasteiger partial charge in [0.1, 0.15) is 11.9 Å². The first-order valence-corrected chi connectivity index (χ1v) is 4.89. The van der Waals surface area contributed by atoms with Crippen molar-refractivity contribution < 1.29 is 73.8 Å². The van der Waals surface area contributed by atoms with E-state index in [1.54, 1.807) is 6.92 Å². The van der Waals surface area contributed by atoms with Crippen molar-refractivity contribution in [1.82, 2.24) is 0 Å². The molecule has 0 saturated heterocycles. The maximum Gasteiger partial charge on any atom is 1.00 e. The van der Waals surface area contributed by atoms with Crippen LogP contribution in [0.15, 0.2) is 24.3 Å². The van der Waals surface area contributed by atoms with Crippen molar-refractivity contribution in [3.05, 3.63) is 24.3 Å². The van der Waals surface area contributed by atoms with Gasteiger partial charge >= 0.3 is 58.4 Å². The van der Waals surface area contributed by atoms with Gasteiger partial charge in [0.05, 0.1) is 6.61 Å². The third-order valence-corrected chi connectivity index (χ3v) is 2.00. The number of hydrogen-bond donors (Lipinski definition) is 0. The van der Waals surface area contributed by atoms with Crippen molar-refractivity contribution in [2.45, 2.75) is 13.0 Å². The van der Waals surface area contributed by atoms with Crippen LogP contribution in [-0.2, 0) is 4.74 Å². The molecule has 1 atom stereocenters. The molecule has 1 aromatic rings. The molecule has 0 radical (unpaired) electrons. The number of benzene rings is 1. The second-order valence-corrected chi connectivity index (χ2v) is 3.53. The normalized spacial score (nSPS) is 12.8. The zero-order valence-electron chi connectivity index (χ0n) is 10.1. The molecule has 2 nitrogen and oxygen atoms in total. The van der Waals surface area contributed by atoms with Crippen molar-refractivity contribution in [1.29, 1.82) is 0 Å². The third kappa shape index (κ3) is 6.26. The van der Waals surface area contributed by atoms with Gasteiger partial charge in [0.2, 0.25) is 0 Å². The summed E-state index contributed by atoms with van der Waals surface area (Å²) >= 11 is 0. The van der Waals surface area contributed by atoms with Gasteiger partial charge in [-0.15, -0.1) is 5.46 Å². The molecule has 1 rings (SSSR count). The van der Waals surface area contributed by atoms with Gasteiger partial charge in [0, 0.05) is 7.11 Å². The fourth-order valence-corrected chi connectivity index (χ4v) is 1.27. The van der Waals surface area contributed by atoms with E-state index in [1.807, 2.05) is 0 Å². The summed E-state index contributed by atoms with van der Waals surface area (Å²) in [6.45, 7) is -2.75. The van der Waals surface area contributed by atoms with Gasteiger partial charge in [0.15, 0.2) is 0 Å². The van der Waals surface area contributed by atoms with E-state index in [1.165, 1.54) is 19.2 Å². The maximum absolute atomic E-state index is 12.3. The van der Waals surface area contributed by atoms with Gasteiger partial charge in [0.25, 0.3) is 0 Å². The summed E-state index contributed by atoms with van der Waals surface area (Å²) in [5.74, 6) is 0.411. The van der Waals surface area contributed by atoms with Crippen LogP contribution >= 0.6 is 0 Å². The molecule has 0 heterocycles. The summed E-state index contributed by atoms with van der Waals surface area (Å²) in [5, 5.41) is 0. The summed E-state index contributed by atoms with van der Waals surface area (Å²) in [7, 11) is 1.54. The van der Waals surface area contributed by atoms with Gasteiger partial charge < -0.3 is 22.4 Å². The average molecular weight is 272 g/mol. The number of halogens is 3. The standard InChI is InChI=1S/C10H13BF3O2.K/c1-8(7-15-2)16-10-5-3-9(4-6-10)11(12,13)14;/h3-6,8H,7H2,1-2H3;/q-1;+1. The molecule has 0 N–H and O–H groups in total.